The van der Waals surface area contributed by atoms with Crippen LogP contribution in [0.3, 0.4) is 0 Å². The Labute approximate surface area is 181 Å². The third-order valence-corrected chi connectivity index (χ3v) is 6.63. The van der Waals surface area contributed by atoms with E-state index in [1.807, 2.05) is 18.2 Å². The zero-order valence-electron chi connectivity index (χ0n) is 18.2. The minimum atomic E-state index is -0.415. The first-order chi connectivity index (χ1) is 14.9. The number of rotatable bonds is 5. The summed E-state index contributed by atoms with van der Waals surface area (Å²) >= 11 is 0. The molecule has 3 heterocycles. The molecule has 7 nitrogen and oxygen atoms in total. The summed E-state index contributed by atoms with van der Waals surface area (Å²) in [6.45, 7) is 5.38. The van der Waals surface area contributed by atoms with Crippen LogP contribution in [0.1, 0.15) is 44.4 Å². The van der Waals surface area contributed by atoms with Crippen LogP contribution in [0.25, 0.3) is 22.3 Å². The molecule has 0 bridgehead atoms. The molecule has 7 heteroatoms. The molecule has 3 aromatic rings. The molecule has 31 heavy (non-hydrogen) atoms. The largest absolute Gasteiger partial charge is 0.395 e. The van der Waals surface area contributed by atoms with Crippen LogP contribution in [0.5, 0.6) is 0 Å². The molecule has 1 atom stereocenters. The van der Waals surface area contributed by atoms with Crippen molar-refractivity contribution in [2.75, 3.05) is 24.7 Å². The van der Waals surface area contributed by atoms with Gasteiger partial charge in [-0.2, -0.15) is 5.10 Å². The van der Waals surface area contributed by atoms with E-state index in [0.717, 1.165) is 60.1 Å². The fourth-order valence-corrected chi connectivity index (χ4v) is 4.89. The Kier molecular flexibility index (Phi) is 5.10. The number of aromatic nitrogens is 3. The van der Waals surface area contributed by atoms with Crippen LogP contribution < -0.4 is 4.90 Å². The number of aliphatic hydroxyl groups excluding tert-OH is 1. The Balaban J connectivity index is 1.46. The third-order valence-electron chi connectivity index (χ3n) is 6.63. The number of amides is 1. The summed E-state index contributed by atoms with van der Waals surface area (Å²) in [6, 6.07) is 8.04. The zero-order valence-corrected chi connectivity index (χ0v) is 18.2. The van der Waals surface area contributed by atoms with Gasteiger partial charge in [0.1, 0.15) is 11.8 Å². The highest BCUT2D eigenvalue weighted by Gasteiger charge is 2.30. The zero-order chi connectivity index (χ0) is 21.6. The molecular formula is C24H30N4O3. The number of hydrogen-bond acceptors (Lipinski definition) is 4. The Morgan fingerprint density at radius 3 is 3.00 bits per heavy atom. The first-order valence-electron chi connectivity index (χ1n) is 11.2. The van der Waals surface area contributed by atoms with Crippen molar-refractivity contribution in [2.24, 2.45) is 5.41 Å². The average Bonchev–Trinajstić information content (AvgIpc) is 3.48. The number of ether oxygens (including phenoxy) is 1. The highest BCUT2D eigenvalue weighted by Crippen LogP contribution is 2.38. The summed E-state index contributed by atoms with van der Waals surface area (Å²) in [6.07, 6.45) is 4.40. The van der Waals surface area contributed by atoms with Gasteiger partial charge in [-0.15, -0.1) is 0 Å². The lowest BCUT2D eigenvalue weighted by molar-refractivity contribution is -0.127. The third kappa shape index (κ3) is 3.77. The van der Waals surface area contributed by atoms with E-state index in [9.17, 15) is 9.90 Å². The molecule has 1 fully saturated rings. The van der Waals surface area contributed by atoms with Crippen molar-refractivity contribution < 1.29 is 14.6 Å². The highest BCUT2D eigenvalue weighted by atomic mass is 16.5. The number of aromatic amines is 2. The van der Waals surface area contributed by atoms with Crippen LogP contribution in [0.2, 0.25) is 0 Å². The Morgan fingerprint density at radius 2 is 2.23 bits per heavy atom. The van der Waals surface area contributed by atoms with Gasteiger partial charge in [0.2, 0.25) is 0 Å². The summed E-state index contributed by atoms with van der Waals surface area (Å²) in [5, 5.41) is 18.5. The highest BCUT2D eigenvalue weighted by molar-refractivity contribution is 5.99. The maximum atomic E-state index is 12.9. The summed E-state index contributed by atoms with van der Waals surface area (Å²) in [7, 11) is 0. The number of nitrogens with one attached hydrogen (secondary N) is 2. The van der Waals surface area contributed by atoms with E-state index in [1.165, 1.54) is 11.3 Å². The molecule has 0 radical (unpaired) electrons. The van der Waals surface area contributed by atoms with Crippen LogP contribution in [0.4, 0.5) is 5.69 Å². The van der Waals surface area contributed by atoms with Gasteiger partial charge < -0.3 is 19.7 Å². The lowest BCUT2D eigenvalue weighted by atomic mass is 9.76. The van der Waals surface area contributed by atoms with Crippen LogP contribution in [-0.4, -0.2) is 52.1 Å². The number of carbonyl (C=O) groups is 1. The number of aliphatic hydroxyl groups is 1. The smallest absolute Gasteiger partial charge is 0.256 e. The maximum absolute atomic E-state index is 12.9. The van der Waals surface area contributed by atoms with Crippen molar-refractivity contribution in [3.63, 3.8) is 0 Å². The van der Waals surface area contributed by atoms with Gasteiger partial charge in [0, 0.05) is 41.0 Å². The molecule has 1 unspecified atom stereocenters. The molecule has 164 valence electrons. The number of anilines is 1. The van der Waals surface area contributed by atoms with Crippen molar-refractivity contribution in [1.82, 2.24) is 15.2 Å². The van der Waals surface area contributed by atoms with Gasteiger partial charge in [0.15, 0.2) is 0 Å². The van der Waals surface area contributed by atoms with E-state index in [-0.39, 0.29) is 19.1 Å². The monoisotopic (exact) mass is 422 g/mol. The molecule has 2 aromatic heterocycles. The lowest BCUT2D eigenvalue weighted by Crippen LogP contribution is -2.40. The van der Waals surface area contributed by atoms with Crippen LogP contribution >= 0.6 is 0 Å². The standard InChI is InChI=1S/C24H30N4O3/c1-24(2)8-7-17-20(14-24)26-27-22(17)19-12-15-5-6-16(13-18(15)25-19)28(9-10-29)23(30)21-4-3-11-31-21/h5-6,12-13,21,25,29H,3-4,7-11,14H2,1-2H3,(H,26,27). The van der Waals surface area contributed by atoms with E-state index < -0.39 is 6.10 Å². The molecule has 1 amide bonds. The van der Waals surface area contributed by atoms with Gasteiger partial charge in [-0.3, -0.25) is 9.89 Å². The number of nitrogens with zero attached hydrogens (tertiary/aromatic N) is 2. The fourth-order valence-electron chi connectivity index (χ4n) is 4.89. The Hall–Kier alpha value is -2.64. The van der Waals surface area contributed by atoms with E-state index in [0.29, 0.717) is 12.0 Å². The van der Waals surface area contributed by atoms with Gasteiger partial charge in [-0.05, 0) is 55.7 Å². The molecule has 1 aliphatic heterocycles. The molecule has 3 N–H and O–H groups in total. The Morgan fingerprint density at radius 1 is 1.35 bits per heavy atom. The van der Waals surface area contributed by atoms with Crippen molar-refractivity contribution in [3.05, 3.63) is 35.5 Å². The second-order valence-corrected chi connectivity index (χ2v) is 9.54. The summed E-state index contributed by atoms with van der Waals surface area (Å²) < 4.78 is 5.58. The molecule has 5 rings (SSSR count). The summed E-state index contributed by atoms with van der Waals surface area (Å²) in [5.41, 5.74) is 6.54. The van der Waals surface area contributed by atoms with Gasteiger partial charge in [0.25, 0.3) is 5.91 Å². The minimum Gasteiger partial charge on any atom is -0.395 e. The maximum Gasteiger partial charge on any atom is 0.256 e. The van der Waals surface area contributed by atoms with E-state index >= 15 is 0 Å². The molecule has 1 aliphatic carbocycles. The van der Waals surface area contributed by atoms with E-state index in [1.54, 1.807) is 4.90 Å². The number of benzene rings is 1. The average molecular weight is 423 g/mol. The van der Waals surface area contributed by atoms with Crippen LogP contribution in [0, 0.1) is 5.41 Å². The van der Waals surface area contributed by atoms with Crippen molar-refractivity contribution in [2.45, 2.75) is 52.1 Å². The number of carbonyl (C=O) groups excluding carboxylic acids is 1. The summed E-state index contributed by atoms with van der Waals surface area (Å²) in [5.74, 6) is -0.0818. The number of fused-ring (bicyclic) bond motifs is 2. The normalized spacial score (nSPS) is 20.2. The second kappa shape index (κ2) is 7.80. The Bertz CT molecular complexity index is 1110. The van der Waals surface area contributed by atoms with Gasteiger partial charge in [-0.25, -0.2) is 0 Å². The topological polar surface area (TPSA) is 94.2 Å². The minimum absolute atomic E-state index is 0.0818. The first-order valence-corrected chi connectivity index (χ1v) is 11.2. The number of hydrogen-bond donors (Lipinski definition) is 3. The van der Waals surface area contributed by atoms with Crippen LogP contribution in [-0.2, 0) is 22.4 Å². The molecule has 1 saturated heterocycles. The fraction of sp³-hybridized carbons (Fsp3) is 0.500. The van der Waals surface area contributed by atoms with Gasteiger partial charge in [-0.1, -0.05) is 19.9 Å². The van der Waals surface area contributed by atoms with Crippen molar-refractivity contribution in [1.29, 1.82) is 0 Å². The lowest BCUT2D eigenvalue weighted by Gasteiger charge is -2.28. The predicted octanol–water partition coefficient (Wildman–Crippen LogP) is 3.58. The molecule has 0 saturated carbocycles. The van der Waals surface area contributed by atoms with Gasteiger partial charge >= 0.3 is 0 Å². The van der Waals surface area contributed by atoms with Crippen molar-refractivity contribution in [3.8, 4) is 11.4 Å². The SMILES string of the molecule is CC1(C)CCc2c(-c3cc4ccc(N(CCO)C(=O)C5CCCO5)cc4[nH]3)n[nH]c2C1. The van der Waals surface area contributed by atoms with Crippen LogP contribution in [0.15, 0.2) is 24.3 Å². The number of H-pyrrole nitrogens is 2. The molecule has 1 aromatic carbocycles. The quantitative estimate of drug-likeness (QED) is 0.586. The first kappa shape index (κ1) is 20.3. The second-order valence-electron chi connectivity index (χ2n) is 9.54. The molecule has 0 spiro atoms. The van der Waals surface area contributed by atoms with E-state index in [2.05, 4.69) is 35.1 Å². The molecular weight excluding hydrogens is 392 g/mol. The van der Waals surface area contributed by atoms with Gasteiger partial charge in [0.05, 0.1) is 12.3 Å². The van der Waals surface area contributed by atoms with E-state index in [4.69, 9.17) is 4.74 Å². The summed E-state index contributed by atoms with van der Waals surface area (Å²) in [4.78, 5) is 18.1. The molecule has 2 aliphatic rings. The van der Waals surface area contributed by atoms with Crippen molar-refractivity contribution >= 4 is 22.5 Å². The predicted molar refractivity (Wildman–Crippen MR) is 120 cm³/mol.